The van der Waals surface area contributed by atoms with Crippen molar-refractivity contribution in [1.82, 2.24) is 35.2 Å². The average molecular weight is 532 g/mol. The average Bonchev–Trinajstić information content (AvgIpc) is 3.55. The van der Waals surface area contributed by atoms with Gasteiger partial charge in [0.15, 0.2) is 0 Å². The number of hydrogen-bond donors (Lipinski definition) is 2. The second-order valence-corrected chi connectivity index (χ2v) is 11.1. The number of carbonyl (C=O) groups excluding carboxylic acids is 3. The van der Waals surface area contributed by atoms with Crippen LogP contribution in [0, 0.1) is 5.41 Å². The van der Waals surface area contributed by atoms with E-state index in [1.807, 2.05) is 26.0 Å². The largest absolute Gasteiger partial charge is 0.383 e. The highest BCUT2D eigenvalue weighted by Crippen LogP contribution is 2.46. The van der Waals surface area contributed by atoms with Crippen LogP contribution in [0.25, 0.3) is 11.5 Å². The predicted molar refractivity (Wildman–Crippen MR) is 135 cm³/mol. The fourth-order valence-corrected chi connectivity index (χ4v) is 5.89. The van der Waals surface area contributed by atoms with Gasteiger partial charge >= 0.3 is 0 Å². The number of pyridine rings is 2. The normalized spacial score (nSPS) is 25.1. The first kappa shape index (κ1) is 25.3. The highest BCUT2D eigenvalue weighted by atomic mass is 16.5. The molecule has 202 valence electrons. The van der Waals surface area contributed by atoms with Crippen LogP contribution in [0.5, 0.6) is 0 Å². The van der Waals surface area contributed by atoms with Crippen molar-refractivity contribution < 1.29 is 24.0 Å². The van der Waals surface area contributed by atoms with Gasteiger partial charge in [0.05, 0.1) is 23.5 Å². The zero-order valence-corrected chi connectivity index (χ0v) is 21.8. The number of hydrogen-bond acceptors (Lipinski definition) is 10. The van der Waals surface area contributed by atoms with Gasteiger partial charge in [-0.05, 0) is 36.6 Å². The number of nitrogens with one attached hydrogen (secondary N) is 1. The maximum absolute atomic E-state index is 13.1. The van der Waals surface area contributed by atoms with Crippen LogP contribution in [-0.4, -0.2) is 71.9 Å². The first-order valence-corrected chi connectivity index (χ1v) is 13.0. The van der Waals surface area contributed by atoms with E-state index in [1.165, 1.54) is 11.3 Å². The molecule has 6 rings (SSSR count). The second-order valence-electron chi connectivity index (χ2n) is 11.1. The van der Waals surface area contributed by atoms with Crippen LogP contribution in [0.2, 0.25) is 0 Å². The summed E-state index contributed by atoms with van der Waals surface area (Å²) in [6.07, 6.45) is 4.01. The smallest absolute Gasteiger partial charge is 0.256 e. The van der Waals surface area contributed by atoms with Gasteiger partial charge in [-0.1, -0.05) is 25.1 Å². The van der Waals surface area contributed by atoms with Gasteiger partial charge in [0.25, 0.3) is 5.91 Å². The first-order chi connectivity index (χ1) is 18.6. The molecule has 12 nitrogen and oxygen atoms in total. The third-order valence-electron chi connectivity index (χ3n) is 8.15. The predicted octanol–water partition coefficient (Wildman–Crippen LogP) is 1.41. The van der Waals surface area contributed by atoms with Gasteiger partial charge in [0.1, 0.15) is 17.3 Å². The van der Waals surface area contributed by atoms with E-state index in [4.69, 9.17) is 9.51 Å². The third kappa shape index (κ3) is 4.39. The summed E-state index contributed by atoms with van der Waals surface area (Å²) in [5.74, 6) is -0.624. The number of fused-ring (bicyclic) bond motifs is 1. The summed E-state index contributed by atoms with van der Waals surface area (Å²) in [7, 11) is 0. The highest BCUT2D eigenvalue weighted by molar-refractivity contribution is 6.05. The lowest BCUT2D eigenvalue weighted by Gasteiger charge is -2.50. The molecule has 0 unspecified atom stereocenters. The Bertz CT molecular complexity index is 1440. The van der Waals surface area contributed by atoms with Gasteiger partial charge in [0.2, 0.25) is 24.0 Å². The molecule has 6 heterocycles. The summed E-state index contributed by atoms with van der Waals surface area (Å²) >= 11 is 0. The van der Waals surface area contributed by atoms with Crippen molar-refractivity contribution in [3.63, 3.8) is 0 Å². The summed E-state index contributed by atoms with van der Waals surface area (Å²) in [6, 6.07) is 6.57. The molecular weight excluding hydrogens is 502 g/mol. The molecule has 2 fully saturated rings. The molecule has 3 amide bonds. The maximum Gasteiger partial charge on any atom is 0.256 e. The first-order valence-electron chi connectivity index (χ1n) is 13.0. The molecule has 39 heavy (non-hydrogen) atoms. The fraction of sp³-hybridized carbons (Fsp3) is 0.444. The molecule has 0 spiro atoms. The van der Waals surface area contributed by atoms with Gasteiger partial charge in [0, 0.05) is 37.7 Å². The van der Waals surface area contributed by atoms with E-state index in [0.29, 0.717) is 60.9 Å². The lowest BCUT2D eigenvalue weighted by molar-refractivity contribution is -0.137. The zero-order chi connectivity index (χ0) is 27.4. The molecule has 0 aliphatic carbocycles. The molecule has 0 saturated carbocycles. The summed E-state index contributed by atoms with van der Waals surface area (Å²) in [6.45, 7) is 6.15. The van der Waals surface area contributed by atoms with E-state index < -0.39 is 23.0 Å². The summed E-state index contributed by atoms with van der Waals surface area (Å²) in [5.41, 5.74) is 1.42. The van der Waals surface area contributed by atoms with Crippen molar-refractivity contribution in [3.8, 4) is 11.5 Å². The molecule has 3 aliphatic rings. The summed E-state index contributed by atoms with van der Waals surface area (Å²) < 4.78 is 4.79. The van der Waals surface area contributed by atoms with E-state index in [1.54, 1.807) is 18.3 Å². The zero-order valence-electron chi connectivity index (χ0n) is 21.8. The Morgan fingerprint density at radius 3 is 2.69 bits per heavy atom. The van der Waals surface area contributed by atoms with Crippen LogP contribution in [-0.2, 0) is 28.3 Å². The van der Waals surface area contributed by atoms with E-state index >= 15 is 0 Å². The summed E-state index contributed by atoms with van der Waals surface area (Å²) in [5, 5.41) is 18.1. The number of aromatic nitrogens is 4. The molecule has 3 aromatic heterocycles. The molecule has 0 radical (unpaired) electrons. The van der Waals surface area contributed by atoms with Crippen LogP contribution in [0.4, 0.5) is 0 Å². The third-order valence-corrected chi connectivity index (χ3v) is 8.15. The van der Waals surface area contributed by atoms with Crippen LogP contribution in [0.3, 0.4) is 0 Å². The number of imide groups is 1. The van der Waals surface area contributed by atoms with E-state index in [9.17, 15) is 19.5 Å². The fourth-order valence-electron chi connectivity index (χ4n) is 5.89. The minimum atomic E-state index is -1.20. The number of rotatable bonds is 5. The molecular formula is C27H29N7O5. The van der Waals surface area contributed by atoms with Crippen LogP contribution >= 0.6 is 0 Å². The Labute approximate surface area is 224 Å². The molecule has 3 aliphatic heterocycles. The Morgan fingerprint density at radius 1 is 1.15 bits per heavy atom. The van der Waals surface area contributed by atoms with Crippen molar-refractivity contribution in [2.75, 3.05) is 13.1 Å². The number of nitrogens with zero attached hydrogens (tertiary/aromatic N) is 6. The highest BCUT2D eigenvalue weighted by Gasteiger charge is 2.50. The number of amides is 3. The number of piperidine rings is 2. The topological polar surface area (TPSA) is 155 Å². The maximum atomic E-state index is 13.1. The monoisotopic (exact) mass is 531 g/mol. The number of likely N-dealkylation sites (tertiary alicyclic amines) is 1. The minimum Gasteiger partial charge on any atom is -0.383 e. The lowest BCUT2D eigenvalue weighted by atomic mass is 9.68. The SMILES string of the molecule is CC1(C)CN(Cc2ccc(-c3ncon3)nc2)CC[C@]1(O)c1ccc2c(n1)CN([C@H]1CCC(=O)NC1=O)C2=O. The Hall–Kier alpha value is -4.03. The Kier molecular flexibility index (Phi) is 6.03. The van der Waals surface area contributed by atoms with Crippen LogP contribution < -0.4 is 5.32 Å². The minimum absolute atomic E-state index is 0.170. The molecule has 3 aromatic rings. The number of carbonyl (C=O) groups is 3. The molecule has 12 heteroatoms. The van der Waals surface area contributed by atoms with Gasteiger partial charge in [-0.15, -0.1) is 0 Å². The van der Waals surface area contributed by atoms with Crippen molar-refractivity contribution in [2.24, 2.45) is 5.41 Å². The van der Waals surface area contributed by atoms with Crippen molar-refractivity contribution in [3.05, 3.63) is 59.4 Å². The van der Waals surface area contributed by atoms with Crippen molar-refractivity contribution in [1.29, 1.82) is 0 Å². The molecule has 2 saturated heterocycles. The quantitative estimate of drug-likeness (QED) is 0.462. The van der Waals surface area contributed by atoms with Crippen molar-refractivity contribution in [2.45, 2.75) is 57.8 Å². The number of aliphatic hydroxyl groups is 1. The van der Waals surface area contributed by atoms with Crippen molar-refractivity contribution >= 4 is 17.7 Å². The molecule has 2 atom stereocenters. The Balaban J connectivity index is 1.16. The molecule has 0 aromatic carbocycles. The summed E-state index contributed by atoms with van der Waals surface area (Å²) in [4.78, 5) is 53.9. The Morgan fingerprint density at radius 2 is 2.00 bits per heavy atom. The molecule has 2 N–H and O–H groups in total. The van der Waals surface area contributed by atoms with Gasteiger partial charge < -0.3 is 14.5 Å². The van der Waals surface area contributed by atoms with Crippen LogP contribution in [0.1, 0.15) is 60.4 Å². The van der Waals surface area contributed by atoms with Gasteiger partial charge in [-0.25, -0.2) is 0 Å². The lowest BCUT2D eigenvalue weighted by Crippen LogP contribution is -2.55. The van der Waals surface area contributed by atoms with E-state index in [0.717, 1.165) is 5.56 Å². The van der Waals surface area contributed by atoms with Gasteiger partial charge in [-0.3, -0.25) is 34.6 Å². The van der Waals surface area contributed by atoms with Gasteiger partial charge in [-0.2, -0.15) is 4.98 Å². The van der Waals surface area contributed by atoms with E-state index in [2.05, 4.69) is 25.3 Å². The van der Waals surface area contributed by atoms with Crippen LogP contribution in [0.15, 0.2) is 41.4 Å². The molecule has 0 bridgehead atoms. The standard InChI is InChI=1S/C27H29N7O5/c1-26(2)14-33(12-16-3-5-18(28-11-16)23-29-15-39-32-23)10-9-27(26,38)21-7-4-17-19(30-21)13-34(25(17)37)20-6-8-22(35)31-24(20)36/h3-5,7,11,15,20,38H,6,8-10,12-14H2,1-2H3,(H,31,35,36)/t20-,27-/m0/s1. The second kappa shape index (κ2) is 9.31. The van der Waals surface area contributed by atoms with E-state index in [-0.39, 0.29) is 24.8 Å².